The summed E-state index contributed by atoms with van der Waals surface area (Å²) in [5.74, 6) is 1.61. The summed E-state index contributed by atoms with van der Waals surface area (Å²) in [7, 11) is 0. The number of benzene rings is 1. The molecule has 1 aliphatic rings. The van der Waals surface area contributed by atoms with Gasteiger partial charge in [-0.1, -0.05) is 42.7 Å². The molecule has 2 aromatic rings. The highest BCUT2D eigenvalue weighted by Crippen LogP contribution is 2.33. The third-order valence-electron chi connectivity index (χ3n) is 3.80. The largest absolute Gasteiger partial charge is 0.486 e. The van der Waals surface area contributed by atoms with Crippen LogP contribution >= 0.6 is 11.3 Å². The molecule has 0 amide bonds. The molecule has 0 saturated heterocycles. The molecule has 0 bridgehead atoms. The highest BCUT2D eigenvalue weighted by molar-refractivity contribution is 7.15. The van der Waals surface area contributed by atoms with Gasteiger partial charge in [0.25, 0.3) is 0 Å². The average molecular weight is 289 g/mol. The van der Waals surface area contributed by atoms with Gasteiger partial charge in [-0.05, 0) is 36.5 Å². The van der Waals surface area contributed by atoms with Crippen LogP contribution in [-0.2, 0) is 6.61 Å². The molecule has 1 aliphatic carbocycles. The average Bonchev–Trinajstić information content (AvgIpc) is 2.92. The van der Waals surface area contributed by atoms with Crippen molar-refractivity contribution in [2.24, 2.45) is 0 Å². The molecule has 1 saturated carbocycles. The van der Waals surface area contributed by atoms with Gasteiger partial charge in [-0.15, -0.1) is 10.2 Å². The lowest BCUT2D eigenvalue weighted by molar-refractivity contribution is 0.304. The summed E-state index contributed by atoms with van der Waals surface area (Å²) < 4.78 is 5.70. The molecule has 0 radical (unpaired) electrons. The van der Waals surface area contributed by atoms with Crippen LogP contribution in [0.2, 0.25) is 0 Å². The normalized spacial score (nSPS) is 16.2. The maximum absolute atomic E-state index is 5.70. The lowest BCUT2D eigenvalue weighted by Crippen LogP contribution is -2.04. The van der Waals surface area contributed by atoms with Crippen LogP contribution < -0.4 is 10.5 Å². The predicted molar refractivity (Wildman–Crippen MR) is 80.9 cm³/mol. The number of nitrogens with zero attached hydrogens (tertiary/aromatic N) is 2. The fourth-order valence-corrected chi connectivity index (χ4v) is 3.26. The van der Waals surface area contributed by atoms with Gasteiger partial charge in [0.05, 0.1) is 0 Å². The van der Waals surface area contributed by atoms with Crippen molar-refractivity contribution in [2.75, 3.05) is 5.73 Å². The Morgan fingerprint density at radius 1 is 1.10 bits per heavy atom. The molecule has 1 aromatic carbocycles. The fraction of sp³-hybridized carbons (Fsp3) is 0.467. The van der Waals surface area contributed by atoms with E-state index in [1.54, 1.807) is 0 Å². The molecule has 0 aliphatic heterocycles. The van der Waals surface area contributed by atoms with Gasteiger partial charge >= 0.3 is 0 Å². The van der Waals surface area contributed by atoms with Gasteiger partial charge in [0.2, 0.25) is 5.13 Å². The second kappa shape index (κ2) is 6.22. The summed E-state index contributed by atoms with van der Waals surface area (Å²) in [5, 5.41) is 9.00. The van der Waals surface area contributed by atoms with Crippen molar-refractivity contribution in [1.82, 2.24) is 10.2 Å². The Bertz CT molecular complexity index is 547. The van der Waals surface area contributed by atoms with Gasteiger partial charge in [-0.2, -0.15) is 0 Å². The lowest BCUT2D eigenvalue weighted by Gasteiger charge is -2.22. The van der Waals surface area contributed by atoms with Crippen molar-refractivity contribution >= 4 is 16.5 Å². The minimum Gasteiger partial charge on any atom is -0.486 e. The number of aromatic nitrogens is 2. The van der Waals surface area contributed by atoms with Crippen LogP contribution in [0.4, 0.5) is 5.13 Å². The molecule has 5 heteroatoms. The van der Waals surface area contributed by atoms with E-state index >= 15 is 0 Å². The molecule has 4 nitrogen and oxygen atoms in total. The zero-order chi connectivity index (χ0) is 13.8. The van der Waals surface area contributed by atoms with Crippen molar-refractivity contribution in [3.63, 3.8) is 0 Å². The van der Waals surface area contributed by atoms with Gasteiger partial charge in [0.1, 0.15) is 12.4 Å². The SMILES string of the molecule is Nc1nnc(COc2ccc(C3CCCCC3)cc2)s1. The first kappa shape index (κ1) is 13.4. The predicted octanol–water partition coefficient (Wildman–Crippen LogP) is 3.75. The van der Waals surface area contributed by atoms with Crippen molar-refractivity contribution < 1.29 is 4.74 Å². The van der Waals surface area contributed by atoms with Crippen LogP contribution in [0, 0.1) is 0 Å². The van der Waals surface area contributed by atoms with Gasteiger partial charge < -0.3 is 10.5 Å². The van der Waals surface area contributed by atoms with Crippen LogP contribution in [0.1, 0.15) is 48.6 Å². The lowest BCUT2D eigenvalue weighted by atomic mass is 9.84. The molecule has 1 aromatic heterocycles. The van der Waals surface area contributed by atoms with Gasteiger partial charge in [-0.3, -0.25) is 0 Å². The van der Waals surface area contributed by atoms with Crippen LogP contribution in [0.15, 0.2) is 24.3 Å². The Morgan fingerprint density at radius 3 is 2.50 bits per heavy atom. The van der Waals surface area contributed by atoms with E-state index in [0.29, 0.717) is 11.7 Å². The standard InChI is InChI=1S/C15H19N3OS/c16-15-18-17-14(20-15)10-19-13-8-6-12(7-9-13)11-4-2-1-3-5-11/h6-9,11H,1-5,10H2,(H2,16,18). The van der Waals surface area contributed by atoms with Crippen molar-refractivity contribution in [3.8, 4) is 5.75 Å². The summed E-state index contributed by atoms with van der Waals surface area (Å²) in [5.41, 5.74) is 6.98. The number of hydrogen-bond donors (Lipinski definition) is 1. The van der Waals surface area contributed by atoms with Crippen LogP contribution in [-0.4, -0.2) is 10.2 Å². The topological polar surface area (TPSA) is 61.0 Å². The highest BCUT2D eigenvalue weighted by atomic mass is 32.1. The van der Waals surface area contributed by atoms with Gasteiger partial charge in [0.15, 0.2) is 5.01 Å². The Balaban J connectivity index is 1.58. The molecule has 3 rings (SSSR count). The summed E-state index contributed by atoms with van der Waals surface area (Å²) in [6, 6.07) is 8.49. The van der Waals surface area contributed by atoms with Crippen LogP contribution in [0.25, 0.3) is 0 Å². The number of hydrogen-bond acceptors (Lipinski definition) is 5. The van der Waals surface area contributed by atoms with E-state index in [9.17, 15) is 0 Å². The number of nitrogen functional groups attached to an aromatic ring is 1. The summed E-state index contributed by atoms with van der Waals surface area (Å²) >= 11 is 1.36. The Labute approximate surface area is 123 Å². The molecular weight excluding hydrogens is 270 g/mol. The fourth-order valence-electron chi connectivity index (χ4n) is 2.74. The van der Waals surface area contributed by atoms with E-state index in [0.717, 1.165) is 16.7 Å². The van der Waals surface area contributed by atoms with E-state index in [4.69, 9.17) is 10.5 Å². The molecule has 0 unspecified atom stereocenters. The molecule has 0 atom stereocenters. The van der Waals surface area contributed by atoms with E-state index in [2.05, 4.69) is 22.3 Å². The van der Waals surface area contributed by atoms with Crippen molar-refractivity contribution in [2.45, 2.75) is 44.6 Å². The summed E-state index contributed by atoms with van der Waals surface area (Å²) in [6.07, 6.45) is 6.76. The molecule has 2 N–H and O–H groups in total. The number of rotatable bonds is 4. The second-order valence-corrected chi connectivity index (χ2v) is 6.32. The molecule has 106 valence electrons. The molecule has 1 heterocycles. The third-order valence-corrected chi connectivity index (χ3v) is 4.53. The first-order chi connectivity index (χ1) is 9.81. The first-order valence-electron chi connectivity index (χ1n) is 7.12. The molecule has 1 fully saturated rings. The minimum atomic E-state index is 0.428. The number of nitrogens with two attached hydrogens (primary N) is 1. The zero-order valence-corrected chi connectivity index (χ0v) is 12.2. The van der Waals surface area contributed by atoms with E-state index in [1.807, 2.05) is 12.1 Å². The Hall–Kier alpha value is -1.62. The quantitative estimate of drug-likeness (QED) is 0.931. The van der Waals surface area contributed by atoms with Crippen molar-refractivity contribution in [3.05, 3.63) is 34.8 Å². The van der Waals surface area contributed by atoms with E-state index < -0.39 is 0 Å². The molecule has 0 spiro atoms. The highest BCUT2D eigenvalue weighted by Gasteiger charge is 2.15. The summed E-state index contributed by atoms with van der Waals surface area (Å²) in [6.45, 7) is 0.428. The van der Waals surface area contributed by atoms with E-state index in [1.165, 1.54) is 49.0 Å². The van der Waals surface area contributed by atoms with Gasteiger partial charge in [0, 0.05) is 0 Å². The van der Waals surface area contributed by atoms with Crippen LogP contribution in [0.5, 0.6) is 5.75 Å². The molecule has 20 heavy (non-hydrogen) atoms. The van der Waals surface area contributed by atoms with E-state index in [-0.39, 0.29) is 0 Å². The Kier molecular flexibility index (Phi) is 4.16. The monoisotopic (exact) mass is 289 g/mol. The molecular formula is C15H19N3OS. The minimum absolute atomic E-state index is 0.428. The van der Waals surface area contributed by atoms with Crippen LogP contribution in [0.3, 0.4) is 0 Å². The maximum atomic E-state index is 5.70. The maximum Gasteiger partial charge on any atom is 0.203 e. The first-order valence-corrected chi connectivity index (χ1v) is 7.93. The summed E-state index contributed by atoms with van der Waals surface area (Å²) in [4.78, 5) is 0. The smallest absolute Gasteiger partial charge is 0.203 e. The third kappa shape index (κ3) is 3.28. The number of anilines is 1. The second-order valence-electron chi connectivity index (χ2n) is 5.23. The number of ether oxygens (including phenoxy) is 1. The van der Waals surface area contributed by atoms with Gasteiger partial charge in [-0.25, -0.2) is 0 Å². The zero-order valence-electron chi connectivity index (χ0n) is 11.4. The van der Waals surface area contributed by atoms with Crippen molar-refractivity contribution in [1.29, 1.82) is 0 Å². The Morgan fingerprint density at radius 2 is 1.85 bits per heavy atom.